The fourth-order valence-corrected chi connectivity index (χ4v) is 5.12. The third-order valence-corrected chi connectivity index (χ3v) is 7.31. The molecule has 2 aromatic rings. The van der Waals surface area contributed by atoms with Crippen molar-refractivity contribution in [1.29, 1.82) is 0 Å². The van der Waals surface area contributed by atoms with Gasteiger partial charge in [-0.3, -0.25) is 19.2 Å². The predicted molar refractivity (Wildman–Crippen MR) is 156 cm³/mol. The van der Waals surface area contributed by atoms with Crippen LogP contribution in [0, 0.1) is 0 Å². The minimum absolute atomic E-state index is 0.310. The first-order valence-corrected chi connectivity index (χ1v) is 14.8. The Kier molecular flexibility index (Phi) is 11.6. The van der Waals surface area contributed by atoms with Crippen molar-refractivity contribution >= 4 is 35.5 Å². The summed E-state index contributed by atoms with van der Waals surface area (Å²) in [7, 11) is 0. The van der Waals surface area contributed by atoms with Crippen molar-refractivity contribution in [3.8, 4) is 5.75 Å². The summed E-state index contributed by atoms with van der Waals surface area (Å²) in [4.78, 5) is 48.0. The molecule has 0 N–H and O–H groups in total. The number of hydrogen-bond acceptors (Lipinski definition) is 11. The largest absolute Gasteiger partial charge is 0.491 e. The van der Waals surface area contributed by atoms with Crippen LogP contribution in [0.2, 0.25) is 5.02 Å². The second-order valence-corrected chi connectivity index (χ2v) is 11.1. The van der Waals surface area contributed by atoms with Gasteiger partial charge < -0.3 is 33.2 Å². The second-order valence-electron chi connectivity index (χ2n) is 10.7. The van der Waals surface area contributed by atoms with Crippen LogP contribution in [-0.4, -0.2) is 74.2 Å². The number of carbonyl (C=O) groups excluding carboxylic acids is 4. The summed E-state index contributed by atoms with van der Waals surface area (Å²) < 4.78 is 39.5. The lowest BCUT2D eigenvalue weighted by Gasteiger charge is -2.44. The lowest BCUT2D eigenvalue weighted by molar-refractivity contribution is -0.254. The van der Waals surface area contributed by atoms with Gasteiger partial charge in [0.2, 0.25) is 0 Å². The maximum Gasteiger partial charge on any atom is 0.303 e. The van der Waals surface area contributed by atoms with Gasteiger partial charge in [0, 0.05) is 32.7 Å². The molecule has 1 saturated carbocycles. The van der Waals surface area contributed by atoms with E-state index in [0.29, 0.717) is 36.3 Å². The molecule has 12 heteroatoms. The summed E-state index contributed by atoms with van der Waals surface area (Å²) in [6.07, 6.45) is -2.67. The van der Waals surface area contributed by atoms with Crippen molar-refractivity contribution in [1.82, 2.24) is 0 Å². The number of halogens is 1. The van der Waals surface area contributed by atoms with Gasteiger partial charge in [0.15, 0.2) is 18.3 Å². The Hall–Kier alpha value is -3.67. The maximum atomic E-state index is 12.2. The molecule has 2 fully saturated rings. The zero-order valence-corrected chi connectivity index (χ0v) is 25.9. The van der Waals surface area contributed by atoms with Crippen LogP contribution < -0.4 is 4.74 Å². The first-order valence-electron chi connectivity index (χ1n) is 14.4. The molecule has 44 heavy (non-hydrogen) atoms. The third kappa shape index (κ3) is 9.67. The molecule has 2 aliphatic rings. The molecule has 2 aromatic carbocycles. The van der Waals surface area contributed by atoms with Gasteiger partial charge in [-0.2, -0.15) is 0 Å². The Morgan fingerprint density at radius 2 is 1.43 bits per heavy atom. The molecule has 1 unspecified atom stereocenters. The fourth-order valence-electron chi connectivity index (χ4n) is 4.94. The molecule has 11 nitrogen and oxygen atoms in total. The van der Waals surface area contributed by atoms with E-state index in [9.17, 15) is 19.2 Å². The molecular formula is C32H37ClO11. The lowest BCUT2D eigenvalue weighted by atomic mass is 9.89. The zero-order chi connectivity index (χ0) is 31.8. The van der Waals surface area contributed by atoms with Gasteiger partial charge >= 0.3 is 23.9 Å². The molecule has 1 saturated heterocycles. The number of rotatable bonds is 13. The van der Waals surface area contributed by atoms with Crippen LogP contribution in [-0.2, 0) is 54.0 Å². The number of ether oxygens (including phenoxy) is 7. The number of hydrogen-bond donors (Lipinski definition) is 0. The van der Waals surface area contributed by atoms with Gasteiger partial charge in [-0.15, -0.1) is 0 Å². The summed E-state index contributed by atoms with van der Waals surface area (Å²) >= 11 is 6.59. The van der Waals surface area contributed by atoms with E-state index < -0.39 is 54.4 Å². The van der Waals surface area contributed by atoms with Gasteiger partial charge in [-0.25, -0.2) is 0 Å². The molecule has 1 aliphatic carbocycles. The van der Waals surface area contributed by atoms with Crippen molar-refractivity contribution < 1.29 is 52.3 Å². The molecule has 0 amide bonds. The van der Waals surface area contributed by atoms with Gasteiger partial charge in [0.25, 0.3) is 0 Å². The lowest BCUT2D eigenvalue weighted by Crippen LogP contribution is -2.59. The van der Waals surface area contributed by atoms with Crippen molar-refractivity contribution in [2.75, 3.05) is 19.8 Å². The Labute approximate surface area is 261 Å². The Morgan fingerprint density at radius 1 is 0.795 bits per heavy atom. The highest BCUT2D eigenvalue weighted by Gasteiger charge is 2.52. The van der Waals surface area contributed by atoms with E-state index in [1.165, 1.54) is 27.7 Å². The van der Waals surface area contributed by atoms with Crippen LogP contribution in [0.1, 0.15) is 63.3 Å². The predicted octanol–water partition coefficient (Wildman–Crippen LogP) is 4.29. The summed E-state index contributed by atoms with van der Waals surface area (Å²) in [5.74, 6) is -1.92. The van der Waals surface area contributed by atoms with Crippen molar-refractivity contribution in [3.05, 3.63) is 64.2 Å². The first kappa shape index (κ1) is 33.2. The molecule has 1 heterocycles. The molecule has 0 spiro atoms. The maximum absolute atomic E-state index is 12.2. The third-order valence-electron chi connectivity index (χ3n) is 6.94. The Bertz CT molecular complexity index is 1320. The van der Waals surface area contributed by atoms with Gasteiger partial charge in [-0.05, 0) is 54.2 Å². The average Bonchev–Trinajstić information content (AvgIpc) is 3.78. The normalized spacial score (nSPS) is 22.9. The molecule has 4 rings (SSSR count). The Balaban J connectivity index is 1.59. The molecular weight excluding hydrogens is 596 g/mol. The average molecular weight is 633 g/mol. The molecule has 5 atom stereocenters. The SMILES string of the molecule is CC(=O)OC[C@H]1OC(c2ccc(Cl)c(Cc3ccc(OCCOC4CC4)cc3)c2)[C@H](OC(C)=O)[C@@H](OC(C)=O)[C@@H]1OC(C)=O. The van der Waals surface area contributed by atoms with E-state index in [1.807, 2.05) is 30.3 Å². The van der Waals surface area contributed by atoms with Crippen molar-refractivity contribution in [2.24, 2.45) is 0 Å². The van der Waals surface area contributed by atoms with Crippen LogP contribution in [0.25, 0.3) is 0 Å². The van der Waals surface area contributed by atoms with E-state index in [1.54, 1.807) is 12.1 Å². The Morgan fingerprint density at radius 3 is 2.05 bits per heavy atom. The second kappa shape index (κ2) is 15.4. The summed E-state index contributed by atoms with van der Waals surface area (Å²) in [5, 5.41) is 0.497. The minimum atomic E-state index is -1.26. The monoisotopic (exact) mass is 632 g/mol. The highest BCUT2D eigenvalue weighted by molar-refractivity contribution is 6.31. The van der Waals surface area contributed by atoms with Gasteiger partial charge in [0.1, 0.15) is 31.2 Å². The zero-order valence-electron chi connectivity index (χ0n) is 25.1. The van der Waals surface area contributed by atoms with E-state index >= 15 is 0 Å². The van der Waals surface area contributed by atoms with E-state index in [-0.39, 0.29) is 6.61 Å². The minimum Gasteiger partial charge on any atom is -0.491 e. The van der Waals surface area contributed by atoms with E-state index in [0.717, 1.165) is 29.7 Å². The van der Waals surface area contributed by atoms with Crippen LogP contribution in [0.4, 0.5) is 0 Å². The highest BCUT2D eigenvalue weighted by Crippen LogP contribution is 2.39. The molecule has 0 bridgehead atoms. The number of esters is 4. The molecule has 238 valence electrons. The highest BCUT2D eigenvalue weighted by atomic mass is 35.5. The fraction of sp³-hybridized carbons (Fsp3) is 0.500. The quantitative estimate of drug-likeness (QED) is 0.178. The van der Waals surface area contributed by atoms with Gasteiger partial charge in [0.05, 0.1) is 12.7 Å². The smallest absolute Gasteiger partial charge is 0.303 e. The van der Waals surface area contributed by atoms with Crippen LogP contribution in [0.5, 0.6) is 5.75 Å². The van der Waals surface area contributed by atoms with Crippen molar-refractivity contribution in [3.63, 3.8) is 0 Å². The molecule has 0 aromatic heterocycles. The molecule has 1 aliphatic heterocycles. The molecule has 0 radical (unpaired) electrons. The van der Waals surface area contributed by atoms with Gasteiger partial charge in [-0.1, -0.05) is 35.9 Å². The number of benzene rings is 2. The number of carbonyl (C=O) groups is 4. The summed E-state index contributed by atoms with van der Waals surface area (Å²) in [6, 6.07) is 12.8. The van der Waals surface area contributed by atoms with Crippen LogP contribution in [0.3, 0.4) is 0 Å². The van der Waals surface area contributed by atoms with Crippen LogP contribution >= 0.6 is 11.6 Å². The first-order chi connectivity index (χ1) is 21.0. The summed E-state index contributed by atoms with van der Waals surface area (Å²) in [6.45, 7) is 5.49. The van der Waals surface area contributed by atoms with Crippen LogP contribution in [0.15, 0.2) is 42.5 Å². The standard InChI is InChI=1S/C32H37ClO11/c1-18(34)40-17-28-30(41-19(2)35)32(43-21(4)37)31(42-20(3)36)29(44-28)23-7-12-27(33)24(16-23)15-22-5-8-25(9-6-22)38-13-14-39-26-10-11-26/h5-9,12,16,26,28-32H,10-11,13-15,17H2,1-4H3/t28-,29?,30-,31+,32+/m1/s1. The topological polar surface area (TPSA) is 133 Å². The van der Waals surface area contributed by atoms with E-state index in [4.69, 9.17) is 44.8 Å². The van der Waals surface area contributed by atoms with Crippen molar-refractivity contribution in [2.45, 2.75) is 83.6 Å². The van der Waals surface area contributed by atoms with E-state index in [2.05, 4.69) is 0 Å². The summed E-state index contributed by atoms with van der Waals surface area (Å²) in [5.41, 5.74) is 2.27.